The number of aliphatic hydroxyl groups is 1. The Kier molecular flexibility index (Phi) is 6.04. The minimum atomic E-state index is -0.552. The normalized spacial score (nSPS) is 10.6. The van der Waals surface area contributed by atoms with Crippen LogP contribution in [0.2, 0.25) is 0 Å². The van der Waals surface area contributed by atoms with Crippen molar-refractivity contribution in [1.29, 1.82) is 0 Å². The molecule has 3 heteroatoms. The molecule has 0 heterocycles. The lowest BCUT2D eigenvalue weighted by Crippen LogP contribution is -2.23. The van der Waals surface area contributed by atoms with Crippen molar-refractivity contribution in [1.82, 2.24) is 0 Å². The average Bonchev–Trinajstić information content (AvgIpc) is 2.57. The number of Topliss-reactive ketones (excluding diaryl/α,β-unsaturated/α-hetero) is 2. The van der Waals surface area contributed by atoms with Crippen LogP contribution in [0.3, 0.4) is 0 Å². The van der Waals surface area contributed by atoms with E-state index in [1.54, 1.807) is 0 Å². The lowest BCUT2D eigenvalue weighted by atomic mass is 9.85. The smallest absolute Gasteiger partial charge is 0.210 e. The number of aliphatic hydroxyl groups excluding tert-OH is 1. The Morgan fingerprint density at radius 1 is 0.818 bits per heavy atom. The number of benzene rings is 2. The van der Waals surface area contributed by atoms with Gasteiger partial charge in [0.15, 0.2) is 5.78 Å². The lowest BCUT2D eigenvalue weighted by molar-refractivity contribution is -0.137. The molecule has 0 aliphatic carbocycles. The molecule has 0 saturated heterocycles. The number of rotatable bonds is 8. The van der Waals surface area contributed by atoms with Crippen molar-refractivity contribution in [3.8, 4) is 0 Å². The molecule has 0 spiro atoms. The summed E-state index contributed by atoms with van der Waals surface area (Å²) in [7, 11) is 0. The van der Waals surface area contributed by atoms with Gasteiger partial charge in [0.2, 0.25) is 5.78 Å². The Bertz CT molecular complexity index is 566. The molecule has 0 fully saturated rings. The summed E-state index contributed by atoms with van der Waals surface area (Å²) in [6.07, 6.45) is 1.27. The van der Waals surface area contributed by atoms with Crippen molar-refractivity contribution in [2.45, 2.75) is 25.2 Å². The molecule has 0 atom stereocenters. The van der Waals surface area contributed by atoms with E-state index in [0.717, 1.165) is 11.1 Å². The summed E-state index contributed by atoms with van der Waals surface area (Å²) in [6, 6.07) is 18.7. The van der Waals surface area contributed by atoms with Gasteiger partial charge in [-0.3, -0.25) is 9.59 Å². The number of carbonyl (C=O) groups excluding carboxylic acids is 2. The fraction of sp³-hybridized carbons (Fsp3) is 0.263. The first-order valence-electron chi connectivity index (χ1n) is 7.52. The molecule has 2 rings (SSSR count). The van der Waals surface area contributed by atoms with E-state index in [1.807, 2.05) is 60.7 Å². The average molecular weight is 296 g/mol. The Labute approximate surface area is 130 Å². The minimum Gasteiger partial charge on any atom is -0.396 e. The molecule has 1 N–H and O–H groups in total. The van der Waals surface area contributed by atoms with Crippen molar-refractivity contribution in [3.05, 3.63) is 71.8 Å². The Balaban J connectivity index is 2.25. The molecule has 0 unspecified atom stereocenters. The van der Waals surface area contributed by atoms with Crippen LogP contribution in [0.5, 0.6) is 0 Å². The first kappa shape index (κ1) is 16.1. The van der Waals surface area contributed by atoms with E-state index in [2.05, 4.69) is 0 Å². The van der Waals surface area contributed by atoms with Crippen LogP contribution in [0, 0.1) is 0 Å². The Morgan fingerprint density at radius 2 is 1.32 bits per heavy atom. The highest BCUT2D eigenvalue weighted by atomic mass is 16.3. The third kappa shape index (κ3) is 4.12. The number of unbranched alkanes of at least 4 members (excludes halogenated alkanes) is 1. The topological polar surface area (TPSA) is 54.4 Å². The summed E-state index contributed by atoms with van der Waals surface area (Å²) >= 11 is 0. The van der Waals surface area contributed by atoms with Gasteiger partial charge in [-0.15, -0.1) is 0 Å². The van der Waals surface area contributed by atoms with Crippen LogP contribution in [0.4, 0.5) is 0 Å². The summed E-state index contributed by atoms with van der Waals surface area (Å²) in [6.45, 7) is 0.0439. The van der Waals surface area contributed by atoms with Crippen LogP contribution >= 0.6 is 0 Å². The Hall–Kier alpha value is -2.26. The molecule has 22 heavy (non-hydrogen) atoms. The van der Waals surface area contributed by atoms with Crippen molar-refractivity contribution < 1.29 is 14.7 Å². The van der Waals surface area contributed by atoms with Crippen LogP contribution in [-0.4, -0.2) is 23.3 Å². The first-order chi connectivity index (χ1) is 10.7. The second-order valence-electron chi connectivity index (χ2n) is 5.22. The molecule has 0 aromatic heterocycles. The van der Waals surface area contributed by atoms with E-state index < -0.39 is 5.92 Å². The standard InChI is InChI=1S/C19H20O3/c20-14-8-7-13-17(21)19(22)18(15-9-3-1-4-10-15)16-11-5-2-6-12-16/h1-6,9-12,18,20H,7-8,13-14H2. The molecule has 0 aliphatic rings. The predicted molar refractivity (Wildman–Crippen MR) is 85.7 cm³/mol. The maximum absolute atomic E-state index is 12.6. The fourth-order valence-electron chi connectivity index (χ4n) is 2.47. The van der Waals surface area contributed by atoms with Gasteiger partial charge in [0.05, 0.1) is 5.92 Å². The highest BCUT2D eigenvalue weighted by Gasteiger charge is 2.27. The quantitative estimate of drug-likeness (QED) is 0.601. The van der Waals surface area contributed by atoms with Gasteiger partial charge in [-0.2, -0.15) is 0 Å². The van der Waals surface area contributed by atoms with E-state index in [0.29, 0.717) is 12.8 Å². The van der Waals surface area contributed by atoms with Gasteiger partial charge >= 0.3 is 0 Å². The second kappa shape index (κ2) is 8.25. The minimum absolute atomic E-state index is 0.0439. The van der Waals surface area contributed by atoms with Crippen LogP contribution in [0.25, 0.3) is 0 Å². The van der Waals surface area contributed by atoms with Crippen LogP contribution < -0.4 is 0 Å². The number of hydrogen-bond acceptors (Lipinski definition) is 3. The third-order valence-corrected chi connectivity index (χ3v) is 3.61. The van der Waals surface area contributed by atoms with Crippen LogP contribution in [-0.2, 0) is 9.59 Å². The van der Waals surface area contributed by atoms with E-state index in [1.165, 1.54) is 0 Å². The number of carbonyl (C=O) groups is 2. The summed E-state index contributed by atoms with van der Waals surface area (Å²) < 4.78 is 0. The largest absolute Gasteiger partial charge is 0.396 e. The zero-order valence-corrected chi connectivity index (χ0v) is 12.4. The van der Waals surface area contributed by atoms with Gasteiger partial charge in [-0.1, -0.05) is 60.7 Å². The first-order valence-corrected chi connectivity index (χ1v) is 7.52. The molecule has 2 aromatic carbocycles. The van der Waals surface area contributed by atoms with Crippen molar-refractivity contribution in [3.63, 3.8) is 0 Å². The molecule has 114 valence electrons. The molecular weight excluding hydrogens is 276 g/mol. The SMILES string of the molecule is O=C(CCCCO)C(=O)C(c1ccccc1)c1ccccc1. The van der Waals surface area contributed by atoms with E-state index in [9.17, 15) is 9.59 Å². The van der Waals surface area contributed by atoms with E-state index in [4.69, 9.17) is 5.11 Å². The van der Waals surface area contributed by atoms with E-state index in [-0.39, 0.29) is 24.6 Å². The van der Waals surface area contributed by atoms with Crippen LogP contribution in [0.1, 0.15) is 36.3 Å². The van der Waals surface area contributed by atoms with E-state index >= 15 is 0 Å². The monoisotopic (exact) mass is 296 g/mol. The molecule has 0 amide bonds. The van der Waals surface area contributed by atoms with Gasteiger partial charge < -0.3 is 5.11 Å². The maximum Gasteiger partial charge on any atom is 0.210 e. The van der Waals surface area contributed by atoms with Gasteiger partial charge in [-0.25, -0.2) is 0 Å². The highest BCUT2D eigenvalue weighted by Crippen LogP contribution is 2.26. The summed E-state index contributed by atoms with van der Waals surface area (Å²) in [5.41, 5.74) is 1.66. The summed E-state index contributed by atoms with van der Waals surface area (Å²) in [5, 5.41) is 8.79. The van der Waals surface area contributed by atoms with Crippen LogP contribution in [0.15, 0.2) is 60.7 Å². The highest BCUT2D eigenvalue weighted by molar-refractivity contribution is 6.39. The molecule has 0 bridgehead atoms. The number of ketones is 2. The maximum atomic E-state index is 12.6. The van der Waals surface area contributed by atoms with Gasteiger partial charge in [0.25, 0.3) is 0 Å². The Morgan fingerprint density at radius 3 is 1.77 bits per heavy atom. The molecule has 2 aromatic rings. The van der Waals surface area contributed by atoms with Crippen molar-refractivity contribution >= 4 is 11.6 Å². The zero-order valence-electron chi connectivity index (χ0n) is 12.4. The van der Waals surface area contributed by atoms with Gasteiger partial charge in [-0.05, 0) is 24.0 Å². The molecule has 0 aliphatic heterocycles. The predicted octanol–water partition coefficient (Wildman–Crippen LogP) is 3.12. The summed E-state index contributed by atoms with van der Waals surface area (Å²) in [4.78, 5) is 24.8. The molecule has 3 nitrogen and oxygen atoms in total. The third-order valence-electron chi connectivity index (χ3n) is 3.61. The molecular formula is C19H20O3. The molecule has 0 saturated carbocycles. The summed E-state index contributed by atoms with van der Waals surface area (Å²) in [5.74, 6) is -1.30. The zero-order chi connectivity index (χ0) is 15.8. The fourth-order valence-corrected chi connectivity index (χ4v) is 2.47. The van der Waals surface area contributed by atoms with Crippen molar-refractivity contribution in [2.24, 2.45) is 0 Å². The number of hydrogen-bond donors (Lipinski definition) is 1. The van der Waals surface area contributed by atoms with Gasteiger partial charge in [0.1, 0.15) is 0 Å². The van der Waals surface area contributed by atoms with Gasteiger partial charge in [0, 0.05) is 13.0 Å². The molecule has 0 radical (unpaired) electrons. The lowest BCUT2D eigenvalue weighted by Gasteiger charge is -2.16. The van der Waals surface area contributed by atoms with Crippen molar-refractivity contribution in [2.75, 3.05) is 6.61 Å². The second-order valence-corrected chi connectivity index (χ2v) is 5.22.